The topological polar surface area (TPSA) is 20.2 Å². The number of hydrogen-bond donors (Lipinski definition) is 1. The van der Waals surface area contributed by atoms with E-state index in [0.717, 1.165) is 16.6 Å². The zero-order chi connectivity index (χ0) is 15.8. The lowest BCUT2D eigenvalue weighted by molar-refractivity contribution is -0.137. The number of aliphatic hydroxyl groups is 1. The third kappa shape index (κ3) is 3.59. The Morgan fingerprint density at radius 3 is 2.33 bits per heavy atom. The number of rotatable bonds is 2. The molecule has 2 rings (SSSR count). The van der Waals surface area contributed by atoms with Gasteiger partial charge in [0, 0.05) is 15.1 Å². The van der Waals surface area contributed by atoms with E-state index in [1.54, 1.807) is 18.2 Å². The first-order valence-electron chi connectivity index (χ1n) is 6.01. The van der Waals surface area contributed by atoms with Crippen molar-refractivity contribution in [2.45, 2.75) is 19.2 Å². The molecule has 0 spiro atoms. The van der Waals surface area contributed by atoms with E-state index in [1.807, 2.05) is 0 Å². The lowest BCUT2D eigenvalue weighted by Gasteiger charge is -2.17. The lowest BCUT2D eigenvalue weighted by atomic mass is 9.96. The molecule has 6 heteroatoms. The van der Waals surface area contributed by atoms with Crippen LogP contribution < -0.4 is 0 Å². The maximum Gasteiger partial charge on any atom is 0.416 e. The Kier molecular flexibility index (Phi) is 4.66. The predicted octanol–water partition coefficient (Wildman–Crippen LogP) is 5.51. The van der Waals surface area contributed by atoms with E-state index in [4.69, 9.17) is 11.6 Å². The highest BCUT2D eigenvalue weighted by Crippen LogP contribution is 2.35. The summed E-state index contributed by atoms with van der Waals surface area (Å²) in [6, 6.07) is 8.23. The van der Waals surface area contributed by atoms with Crippen molar-refractivity contribution in [2.24, 2.45) is 0 Å². The lowest BCUT2D eigenvalue weighted by Crippen LogP contribution is -2.08. The number of aryl methyl sites for hydroxylation is 1. The fourth-order valence-electron chi connectivity index (χ4n) is 2.05. The van der Waals surface area contributed by atoms with Gasteiger partial charge in [-0.2, -0.15) is 13.2 Å². The first kappa shape index (κ1) is 16.3. The molecule has 112 valence electrons. The fourth-order valence-corrected chi connectivity index (χ4v) is 2.65. The Labute approximate surface area is 133 Å². The second-order valence-corrected chi connectivity index (χ2v) is 5.96. The molecule has 0 saturated carbocycles. The number of hydrogen-bond acceptors (Lipinski definition) is 1. The van der Waals surface area contributed by atoms with Crippen LogP contribution in [0.5, 0.6) is 0 Å². The Bertz CT molecular complexity index is 670. The first-order chi connectivity index (χ1) is 9.70. The van der Waals surface area contributed by atoms with Crippen molar-refractivity contribution in [1.82, 2.24) is 0 Å². The Morgan fingerprint density at radius 1 is 1.10 bits per heavy atom. The Balaban J connectivity index is 2.44. The van der Waals surface area contributed by atoms with E-state index in [2.05, 4.69) is 15.9 Å². The normalized spacial score (nSPS) is 13.3. The van der Waals surface area contributed by atoms with Crippen molar-refractivity contribution in [3.8, 4) is 0 Å². The maximum absolute atomic E-state index is 12.7. The first-order valence-corrected chi connectivity index (χ1v) is 7.18. The van der Waals surface area contributed by atoms with Gasteiger partial charge in [0.2, 0.25) is 0 Å². The van der Waals surface area contributed by atoms with Crippen molar-refractivity contribution in [2.75, 3.05) is 0 Å². The maximum atomic E-state index is 12.7. The molecule has 1 unspecified atom stereocenters. The fraction of sp³-hybridized carbons (Fsp3) is 0.200. The van der Waals surface area contributed by atoms with Crippen molar-refractivity contribution in [3.05, 3.63) is 68.1 Å². The van der Waals surface area contributed by atoms with Gasteiger partial charge in [-0.05, 0) is 48.4 Å². The van der Waals surface area contributed by atoms with Crippen LogP contribution in [0.2, 0.25) is 5.02 Å². The summed E-state index contributed by atoms with van der Waals surface area (Å²) in [6.07, 6.45) is -5.49. The molecular formula is C15H11BrClF3O. The molecule has 0 saturated heterocycles. The van der Waals surface area contributed by atoms with Gasteiger partial charge in [0.15, 0.2) is 0 Å². The summed E-state index contributed by atoms with van der Waals surface area (Å²) in [7, 11) is 0. The molecule has 1 nitrogen and oxygen atoms in total. The average Bonchev–Trinajstić information content (AvgIpc) is 2.39. The van der Waals surface area contributed by atoms with E-state index in [0.29, 0.717) is 21.7 Å². The smallest absolute Gasteiger partial charge is 0.384 e. The van der Waals surface area contributed by atoms with Gasteiger partial charge in [0.1, 0.15) is 6.10 Å². The minimum absolute atomic E-state index is 0.352. The minimum Gasteiger partial charge on any atom is -0.384 e. The van der Waals surface area contributed by atoms with E-state index >= 15 is 0 Å². The predicted molar refractivity (Wildman–Crippen MR) is 79.4 cm³/mol. The van der Waals surface area contributed by atoms with Crippen molar-refractivity contribution in [3.63, 3.8) is 0 Å². The van der Waals surface area contributed by atoms with E-state index in [1.165, 1.54) is 13.0 Å². The van der Waals surface area contributed by atoms with Gasteiger partial charge in [0.25, 0.3) is 0 Å². The van der Waals surface area contributed by atoms with E-state index in [9.17, 15) is 18.3 Å². The van der Waals surface area contributed by atoms with Crippen LogP contribution >= 0.6 is 27.5 Å². The molecule has 1 atom stereocenters. The molecular weight excluding hydrogens is 369 g/mol. The highest BCUT2D eigenvalue weighted by Gasteiger charge is 2.31. The third-order valence-corrected chi connectivity index (χ3v) is 3.98. The quantitative estimate of drug-likeness (QED) is 0.729. The molecule has 21 heavy (non-hydrogen) atoms. The van der Waals surface area contributed by atoms with Gasteiger partial charge in [0.05, 0.1) is 5.56 Å². The highest BCUT2D eigenvalue weighted by atomic mass is 79.9. The van der Waals surface area contributed by atoms with Crippen molar-refractivity contribution >= 4 is 27.5 Å². The van der Waals surface area contributed by atoms with Gasteiger partial charge in [-0.25, -0.2) is 0 Å². The van der Waals surface area contributed by atoms with Crippen LogP contribution in [-0.2, 0) is 6.18 Å². The monoisotopic (exact) mass is 378 g/mol. The van der Waals surface area contributed by atoms with Crippen LogP contribution in [0.25, 0.3) is 0 Å². The molecule has 0 aliphatic heterocycles. The minimum atomic E-state index is -4.40. The van der Waals surface area contributed by atoms with Crippen LogP contribution in [0.1, 0.15) is 28.4 Å². The van der Waals surface area contributed by atoms with E-state index in [-0.39, 0.29) is 0 Å². The van der Waals surface area contributed by atoms with Crippen molar-refractivity contribution in [1.29, 1.82) is 0 Å². The van der Waals surface area contributed by atoms with Crippen LogP contribution in [0, 0.1) is 6.92 Å². The van der Waals surface area contributed by atoms with Gasteiger partial charge in [-0.1, -0.05) is 33.6 Å². The standard InChI is InChI=1S/C15H11BrClF3O/c1-8-6-9(15(18,19)20)2-4-11(8)14(21)12-7-10(16)3-5-13(12)17/h2-7,14,21H,1H3. The molecule has 1 N–H and O–H groups in total. The number of alkyl halides is 3. The molecule has 0 heterocycles. The molecule has 2 aromatic carbocycles. The second-order valence-electron chi connectivity index (χ2n) is 4.64. The SMILES string of the molecule is Cc1cc(C(F)(F)F)ccc1C(O)c1cc(Br)ccc1Cl. The summed E-state index contributed by atoms with van der Waals surface area (Å²) < 4.78 is 38.7. The average molecular weight is 380 g/mol. The Hall–Kier alpha value is -1.04. The summed E-state index contributed by atoms with van der Waals surface area (Å²) >= 11 is 9.31. The van der Waals surface area contributed by atoms with Crippen LogP contribution in [0.15, 0.2) is 40.9 Å². The molecule has 0 amide bonds. The molecule has 0 bridgehead atoms. The molecule has 0 fully saturated rings. The molecule has 0 aromatic heterocycles. The number of aliphatic hydroxyl groups excluding tert-OH is 1. The third-order valence-electron chi connectivity index (χ3n) is 3.14. The number of halogens is 5. The summed E-state index contributed by atoms with van der Waals surface area (Å²) in [4.78, 5) is 0. The Morgan fingerprint density at radius 2 is 1.76 bits per heavy atom. The van der Waals surface area contributed by atoms with Crippen LogP contribution in [0.4, 0.5) is 13.2 Å². The van der Waals surface area contributed by atoms with Gasteiger partial charge >= 0.3 is 6.18 Å². The summed E-state index contributed by atoms with van der Waals surface area (Å²) in [5, 5.41) is 10.7. The van der Waals surface area contributed by atoms with Gasteiger partial charge in [-0.3, -0.25) is 0 Å². The zero-order valence-electron chi connectivity index (χ0n) is 10.9. The number of benzene rings is 2. The largest absolute Gasteiger partial charge is 0.416 e. The molecule has 2 aromatic rings. The second kappa shape index (κ2) is 5.99. The summed E-state index contributed by atoms with van der Waals surface area (Å²) in [6.45, 7) is 1.53. The summed E-state index contributed by atoms with van der Waals surface area (Å²) in [5.74, 6) is 0. The highest BCUT2D eigenvalue weighted by molar-refractivity contribution is 9.10. The van der Waals surface area contributed by atoms with Gasteiger partial charge < -0.3 is 5.11 Å². The van der Waals surface area contributed by atoms with E-state index < -0.39 is 17.8 Å². The van der Waals surface area contributed by atoms with Crippen molar-refractivity contribution < 1.29 is 18.3 Å². The van der Waals surface area contributed by atoms with Gasteiger partial charge in [-0.15, -0.1) is 0 Å². The summed E-state index contributed by atoms with van der Waals surface area (Å²) in [5.41, 5.74) is 0.446. The molecule has 0 radical (unpaired) electrons. The zero-order valence-corrected chi connectivity index (χ0v) is 13.2. The van der Waals surface area contributed by atoms with Crippen LogP contribution in [-0.4, -0.2) is 5.11 Å². The molecule has 0 aliphatic rings. The molecule has 0 aliphatic carbocycles. The van der Waals surface area contributed by atoms with Crippen LogP contribution in [0.3, 0.4) is 0 Å².